The van der Waals surface area contributed by atoms with Gasteiger partial charge >= 0.3 is 6.03 Å². The van der Waals surface area contributed by atoms with Gasteiger partial charge in [0.05, 0.1) is 0 Å². The van der Waals surface area contributed by atoms with Crippen molar-refractivity contribution in [1.29, 1.82) is 0 Å². The molecule has 1 rings (SSSR count). The minimum atomic E-state index is -0.00579. The summed E-state index contributed by atoms with van der Waals surface area (Å²) in [6.07, 6.45) is 5.52. The standard InChI is InChI=1S/C12H25N3O/c1-3-9-14-12(16)15-11-7-5-10(6-8-11)13-4-2/h10-11,13H,3-9H2,1-2H3,(H2,14,15,16). The zero-order valence-corrected chi connectivity index (χ0v) is 10.5. The third-order valence-electron chi connectivity index (χ3n) is 3.09. The van der Waals surface area contributed by atoms with E-state index in [1.807, 2.05) is 0 Å². The highest BCUT2D eigenvalue weighted by molar-refractivity contribution is 5.74. The molecule has 0 aromatic rings. The number of carbonyl (C=O) groups is 1. The molecule has 0 spiro atoms. The zero-order chi connectivity index (χ0) is 11.8. The van der Waals surface area contributed by atoms with Crippen LogP contribution in [0.25, 0.3) is 0 Å². The number of nitrogens with one attached hydrogen (secondary N) is 3. The van der Waals surface area contributed by atoms with Crippen LogP contribution in [0.4, 0.5) is 4.79 Å². The summed E-state index contributed by atoms with van der Waals surface area (Å²) in [5.74, 6) is 0. The lowest BCUT2D eigenvalue weighted by atomic mass is 9.91. The van der Waals surface area contributed by atoms with E-state index in [4.69, 9.17) is 0 Å². The molecular formula is C12H25N3O. The highest BCUT2D eigenvalue weighted by Crippen LogP contribution is 2.18. The lowest BCUT2D eigenvalue weighted by Crippen LogP contribution is -2.46. The largest absolute Gasteiger partial charge is 0.338 e. The van der Waals surface area contributed by atoms with Crippen LogP contribution in [-0.2, 0) is 0 Å². The molecule has 0 atom stereocenters. The Morgan fingerprint density at radius 3 is 2.31 bits per heavy atom. The zero-order valence-electron chi connectivity index (χ0n) is 10.5. The molecule has 4 nitrogen and oxygen atoms in total. The summed E-state index contributed by atoms with van der Waals surface area (Å²) < 4.78 is 0. The van der Waals surface area contributed by atoms with E-state index >= 15 is 0 Å². The topological polar surface area (TPSA) is 53.2 Å². The molecule has 0 radical (unpaired) electrons. The highest BCUT2D eigenvalue weighted by atomic mass is 16.2. The van der Waals surface area contributed by atoms with E-state index < -0.39 is 0 Å². The fraction of sp³-hybridized carbons (Fsp3) is 0.917. The molecule has 2 amide bonds. The van der Waals surface area contributed by atoms with Crippen molar-refractivity contribution in [3.63, 3.8) is 0 Å². The molecule has 16 heavy (non-hydrogen) atoms. The number of carbonyl (C=O) groups excluding carboxylic acids is 1. The summed E-state index contributed by atoms with van der Waals surface area (Å²) in [6, 6.07) is 1.02. The molecule has 0 aromatic heterocycles. The van der Waals surface area contributed by atoms with Crippen molar-refractivity contribution in [2.75, 3.05) is 13.1 Å². The monoisotopic (exact) mass is 227 g/mol. The molecule has 0 unspecified atom stereocenters. The normalized spacial score (nSPS) is 25.1. The molecule has 94 valence electrons. The molecule has 0 aliphatic heterocycles. The first-order chi connectivity index (χ1) is 7.76. The van der Waals surface area contributed by atoms with E-state index in [1.54, 1.807) is 0 Å². The van der Waals surface area contributed by atoms with Gasteiger partial charge in [0, 0.05) is 18.6 Å². The van der Waals surface area contributed by atoms with Crippen LogP contribution in [0.5, 0.6) is 0 Å². The molecule has 0 aromatic carbocycles. The third kappa shape index (κ3) is 4.84. The summed E-state index contributed by atoms with van der Waals surface area (Å²) in [4.78, 5) is 11.4. The maximum absolute atomic E-state index is 11.4. The van der Waals surface area contributed by atoms with Crippen molar-refractivity contribution < 1.29 is 4.79 Å². The van der Waals surface area contributed by atoms with Gasteiger partial charge in [-0.25, -0.2) is 4.79 Å². The van der Waals surface area contributed by atoms with Crippen molar-refractivity contribution in [1.82, 2.24) is 16.0 Å². The summed E-state index contributed by atoms with van der Waals surface area (Å²) >= 11 is 0. The van der Waals surface area contributed by atoms with Crippen molar-refractivity contribution >= 4 is 6.03 Å². The molecular weight excluding hydrogens is 202 g/mol. The van der Waals surface area contributed by atoms with Gasteiger partial charge in [0.2, 0.25) is 0 Å². The van der Waals surface area contributed by atoms with Gasteiger partial charge in [-0.3, -0.25) is 0 Å². The number of hydrogen-bond donors (Lipinski definition) is 3. The minimum absolute atomic E-state index is 0.00579. The van der Waals surface area contributed by atoms with E-state index in [9.17, 15) is 4.79 Å². The summed E-state index contributed by atoms with van der Waals surface area (Å²) in [5.41, 5.74) is 0. The predicted molar refractivity (Wildman–Crippen MR) is 66.5 cm³/mol. The number of amides is 2. The van der Waals surface area contributed by atoms with Crippen molar-refractivity contribution in [3.8, 4) is 0 Å². The molecule has 0 bridgehead atoms. The smallest absolute Gasteiger partial charge is 0.315 e. The second-order valence-corrected chi connectivity index (χ2v) is 4.51. The Balaban J connectivity index is 2.14. The van der Waals surface area contributed by atoms with Gasteiger partial charge in [-0.05, 0) is 38.6 Å². The van der Waals surface area contributed by atoms with Gasteiger partial charge in [0.1, 0.15) is 0 Å². The third-order valence-corrected chi connectivity index (χ3v) is 3.09. The van der Waals surface area contributed by atoms with Gasteiger partial charge in [-0.15, -0.1) is 0 Å². The van der Waals surface area contributed by atoms with Crippen LogP contribution in [0.2, 0.25) is 0 Å². The van der Waals surface area contributed by atoms with Crippen molar-refractivity contribution in [2.24, 2.45) is 0 Å². The predicted octanol–water partition coefficient (Wildman–Crippen LogP) is 1.62. The van der Waals surface area contributed by atoms with Crippen LogP contribution >= 0.6 is 0 Å². The lowest BCUT2D eigenvalue weighted by Gasteiger charge is -2.29. The van der Waals surface area contributed by atoms with Crippen LogP contribution in [0.3, 0.4) is 0 Å². The van der Waals surface area contributed by atoms with Crippen LogP contribution in [0.15, 0.2) is 0 Å². The van der Waals surface area contributed by atoms with E-state index in [-0.39, 0.29) is 6.03 Å². The van der Waals surface area contributed by atoms with Crippen molar-refractivity contribution in [3.05, 3.63) is 0 Å². The van der Waals surface area contributed by atoms with Crippen molar-refractivity contribution in [2.45, 2.75) is 58.0 Å². The SMILES string of the molecule is CCCNC(=O)NC1CCC(NCC)CC1. The van der Waals surface area contributed by atoms with Gasteiger partial charge in [-0.2, -0.15) is 0 Å². The number of rotatable bonds is 5. The Morgan fingerprint density at radius 2 is 1.75 bits per heavy atom. The Hall–Kier alpha value is -0.770. The van der Waals surface area contributed by atoms with Crippen LogP contribution in [0.1, 0.15) is 46.0 Å². The minimum Gasteiger partial charge on any atom is -0.338 e. The molecule has 1 aliphatic carbocycles. The van der Waals surface area contributed by atoms with Gasteiger partial charge in [0.25, 0.3) is 0 Å². The number of urea groups is 1. The Kier molecular flexibility index (Phi) is 6.23. The molecule has 0 saturated heterocycles. The average molecular weight is 227 g/mol. The second-order valence-electron chi connectivity index (χ2n) is 4.51. The first-order valence-electron chi connectivity index (χ1n) is 6.54. The van der Waals surface area contributed by atoms with Gasteiger partial charge < -0.3 is 16.0 Å². The molecule has 4 heteroatoms. The number of hydrogen-bond acceptors (Lipinski definition) is 2. The van der Waals surface area contributed by atoms with Crippen LogP contribution in [-0.4, -0.2) is 31.2 Å². The molecule has 1 aliphatic rings. The van der Waals surface area contributed by atoms with E-state index in [1.165, 1.54) is 12.8 Å². The van der Waals surface area contributed by atoms with Crippen LogP contribution < -0.4 is 16.0 Å². The summed E-state index contributed by atoms with van der Waals surface area (Å²) in [6.45, 7) is 6.00. The molecule has 1 saturated carbocycles. The lowest BCUT2D eigenvalue weighted by molar-refractivity contribution is 0.229. The molecule has 0 heterocycles. The van der Waals surface area contributed by atoms with E-state index in [0.29, 0.717) is 12.1 Å². The fourth-order valence-electron chi connectivity index (χ4n) is 2.21. The van der Waals surface area contributed by atoms with Crippen LogP contribution in [0, 0.1) is 0 Å². The maximum atomic E-state index is 11.4. The highest BCUT2D eigenvalue weighted by Gasteiger charge is 2.21. The summed E-state index contributed by atoms with van der Waals surface area (Å²) in [5, 5.41) is 9.35. The maximum Gasteiger partial charge on any atom is 0.315 e. The average Bonchev–Trinajstić information content (AvgIpc) is 2.29. The van der Waals surface area contributed by atoms with E-state index in [2.05, 4.69) is 29.8 Å². The molecule has 3 N–H and O–H groups in total. The first kappa shape index (κ1) is 13.3. The second kappa shape index (κ2) is 7.49. The quantitative estimate of drug-likeness (QED) is 0.668. The van der Waals surface area contributed by atoms with Gasteiger partial charge in [-0.1, -0.05) is 13.8 Å². The fourth-order valence-corrected chi connectivity index (χ4v) is 2.21. The van der Waals surface area contributed by atoms with E-state index in [0.717, 1.165) is 32.4 Å². The Bertz CT molecular complexity index is 200. The molecule has 1 fully saturated rings. The Morgan fingerprint density at radius 1 is 1.12 bits per heavy atom. The first-order valence-corrected chi connectivity index (χ1v) is 6.54. The Labute approximate surface area is 98.6 Å². The van der Waals surface area contributed by atoms with Gasteiger partial charge in [0.15, 0.2) is 0 Å². The summed E-state index contributed by atoms with van der Waals surface area (Å²) in [7, 11) is 0.